The van der Waals surface area contributed by atoms with E-state index in [4.69, 9.17) is 4.74 Å². The van der Waals surface area contributed by atoms with E-state index in [0.29, 0.717) is 5.92 Å². The molecule has 0 aliphatic heterocycles. The van der Waals surface area contributed by atoms with Crippen LogP contribution in [-0.2, 0) is 4.79 Å². The number of hydrogen-bond donors (Lipinski definition) is 1. The van der Waals surface area contributed by atoms with Gasteiger partial charge in [-0.15, -0.1) is 0 Å². The summed E-state index contributed by atoms with van der Waals surface area (Å²) in [7, 11) is 0. The summed E-state index contributed by atoms with van der Waals surface area (Å²) in [6.07, 6.45) is 0.959. The molecule has 0 fully saturated rings. The highest BCUT2D eigenvalue weighted by Gasteiger charge is 2.15. The molecule has 2 aromatic carbocycles. The Bertz CT molecular complexity index is 772. The smallest absolute Gasteiger partial charge is 0.280 e. The third-order valence-corrected chi connectivity index (χ3v) is 4.28. The van der Waals surface area contributed by atoms with Crippen molar-refractivity contribution >= 4 is 28.1 Å². The predicted molar refractivity (Wildman–Crippen MR) is 105 cm³/mol. The van der Waals surface area contributed by atoms with Gasteiger partial charge < -0.3 is 4.74 Å². The second-order valence-electron chi connectivity index (χ2n) is 6.23. The van der Waals surface area contributed by atoms with Crippen LogP contribution in [0.4, 0.5) is 0 Å². The summed E-state index contributed by atoms with van der Waals surface area (Å²) in [6.45, 7) is 7.93. The minimum absolute atomic E-state index is 0.291. The fourth-order valence-electron chi connectivity index (χ4n) is 2.19. The quantitative estimate of drug-likeness (QED) is 0.557. The molecule has 0 saturated heterocycles. The van der Waals surface area contributed by atoms with Crippen molar-refractivity contribution in [1.82, 2.24) is 5.43 Å². The van der Waals surface area contributed by atoms with Gasteiger partial charge in [-0.05, 0) is 54.7 Å². The van der Waals surface area contributed by atoms with E-state index in [1.54, 1.807) is 13.1 Å². The number of rotatable bonds is 6. The molecule has 132 valence electrons. The maximum Gasteiger partial charge on any atom is 0.280 e. The number of hydrazone groups is 1. The lowest BCUT2D eigenvalue weighted by molar-refractivity contribution is -0.127. The van der Waals surface area contributed by atoms with Crippen LogP contribution in [0.15, 0.2) is 52.0 Å². The number of carbonyl (C=O) groups is 1. The summed E-state index contributed by atoms with van der Waals surface area (Å²) in [6, 6.07) is 13.7. The third-order valence-electron chi connectivity index (χ3n) is 3.79. The Hall–Kier alpha value is -2.14. The normalized spacial score (nSPS) is 12.4. The van der Waals surface area contributed by atoms with E-state index in [-0.39, 0.29) is 5.91 Å². The summed E-state index contributed by atoms with van der Waals surface area (Å²) >= 11 is 3.40. The molecule has 0 bridgehead atoms. The molecule has 0 heterocycles. The highest BCUT2D eigenvalue weighted by molar-refractivity contribution is 9.10. The minimum atomic E-state index is -0.638. The standard InChI is InChI=1S/C20H23BrN2O2/c1-13(2)17-9-8-14(3)19(11-17)25-15(4)20(24)23-22-12-16-6-5-7-18(21)10-16/h5-13,15H,1-4H3,(H,23,24)/b22-12-. The average molecular weight is 403 g/mol. The molecule has 1 N–H and O–H groups in total. The van der Waals surface area contributed by atoms with Crippen LogP contribution in [0, 0.1) is 6.92 Å². The lowest BCUT2D eigenvalue weighted by Crippen LogP contribution is -2.33. The number of hydrogen-bond acceptors (Lipinski definition) is 3. The predicted octanol–water partition coefficient (Wildman–Crippen LogP) is 4.80. The Balaban J connectivity index is 1.97. The minimum Gasteiger partial charge on any atom is -0.481 e. The highest BCUT2D eigenvalue weighted by Crippen LogP contribution is 2.25. The molecular weight excluding hydrogens is 380 g/mol. The second-order valence-corrected chi connectivity index (χ2v) is 7.14. The van der Waals surface area contributed by atoms with E-state index in [9.17, 15) is 4.79 Å². The molecule has 1 atom stereocenters. The largest absolute Gasteiger partial charge is 0.481 e. The van der Waals surface area contributed by atoms with Crippen molar-refractivity contribution in [3.63, 3.8) is 0 Å². The summed E-state index contributed by atoms with van der Waals surface area (Å²) < 4.78 is 6.78. The zero-order chi connectivity index (χ0) is 18.4. The van der Waals surface area contributed by atoms with E-state index in [1.165, 1.54) is 5.56 Å². The molecule has 4 nitrogen and oxygen atoms in total. The molecule has 0 spiro atoms. The Labute approximate surface area is 157 Å². The van der Waals surface area contributed by atoms with Gasteiger partial charge in [0, 0.05) is 4.47 Å². The second kappa shape index (κ2) is 8.81. The fourth-order valence-corrected chi connectivity index (χ4v) is 2.61. The Morgan fingerprint density at radius 2 is 1.96 bits per heavy atom. The van der Waals surface area contributed by atoms with Gasteiger partial charge in [-0.2, -0.15) is 5.10 Å². The van der Waals surface area contributed by atoms with Crippen molar-refractivity contribution in [1.29, 1.82) is 0 Å². The van der Waals surface area contributed by atoms with Gasteiger partial charge in [-0.25, -0.2) is 5.43 Å². The van der Waals surface area contributed by atoms with Crippen LogP contribution in [0.2, 0.25) is 0 Å². The van der Waals surface area contributed by atoms with Crippen molar-refractivity contribution in [2.24, 2.45) is 5.10 Å². The zero-order valence-electron chi connectivity index (χ0n) is 14.9. The lowest BCUT2D eigenvalue weighted by Gasteiger charge is -2.16. The van der Waals surface area contributed by atoms with Crippen molar-refractivity contribution < 1.29 is 9.53 Å². The van der Waals surface area contributed by atoms with Crippen LogP contribution in [0.1, 0.15) is 43.4 Å². The van der Waals surface area contributed by atoms with Gasteiger partial charge in [0.15, 0.2) is 6.10 Å². The van der Waals surface area contributed by atoms with Crippen LogP contribution in [0.5, 0.6) is 5.75 Å². The van der Waals surface area contributed by atoms with Crippen LogP contribution in [0.3, 0.4) is 0 Å². The number of ether oxygens (including phenoxy) is 1. The first-order chi connectivity index (χ1) is 11.9. The number of nitrogens with zero attached hydrogens (tertiary/aromatic N) is 1. The first-order valence-corrected chi connectivity index (χ1v) is 9.02. The molecule has 0 aromatic heterocycles. The number of nitrogens with one attached hydrogen (secondary N) is 1. The highest BCUT2D eigenvalue weighted by atomic mass is 79.9. The summed E-state index contributed by atoms with van der Waals surface area (Å²) in [5.74, 6) is 0.840. The fraction of sp³-hybridized carbons (Fsp3) is 0.300. The van der Waals surface area contributed by atoms with Crippen molar-refractivity contribution in [2.75, 3.05) is 0 Å². The number of amides is 1. The topological polar surface area (TPSA) is 50.7 Å². The Morgan fingerprint density at radius 1 is 1.20 bits per heavy atom. The molecule has 0 radical (unpaired) electrons. The van der Waals surface area contributed by atoms with Crippen molar-refractivity contribution in [3.05, 3.63) is 63.6 Å². The first kappa shape index (κ1) is 19.2. The number of halogens is 1. The van der Waals surface area contributed by atoms with Gasteiger partial charge in [-0.3, -0.25) is 4.79 Å². The lowest BCUT2D eigenvalue weighted by atomic mass is 10.0. The number of benzene rings is 2. The molecule has 5 heteroatoms. The first-order valence-electron chi connectivity index (χ1n) is 8.22. The van der Waals surface area contributed by atoms with E-state index in [2.05, 4.69) is 46.4 Å². The summed E-state index contributed by atoms with van der Waals surface area (Å²) in [5, 5.41) is 3.99. The Morgan fingerprint density at radius 3 is 2.64 bits per heavy atom. The maximum atomic E-state index is 12.2. The van der Waals surface area contributed by atoms with Crippen LogP contribution < -0.4 is 10.2 Å². The maximum absolute atomic E-state index is 12.2. The average Bonchev–Trinajstić information content (AvgIpc) is 2.56. The van der Waals surface area contributed by atoms with Crippen LogP contribution in [0.25, 0.3) is 0 Å². The van der Waals surface area contributed by atoms with Gasteiger partial charge in [0.1, 0.15) is 5.75 Å². The van der Waals surface area contributed by atoms with Crippen molar-refractivity contribution in [3.8, 4) is 5.75 Å². The molecule has 0 aliphatic carbocycles. The monoisotopic (exact) mass is 402 g/mol. The summed E-state index contributed by atoms with van der Waals surface area (Å²) in [5.41, 5.74) is 5.59. The van der Waals surface area contributed by atoms with E-state index < -0.39 is 6.10 Å². The van der Waals surface area contributed by atoms with E-state index in [0.717, 1.165) is 21.3 Å². The number of aryl methyl sites for hydroxylation is 1. The van der Waals surface area contributed by atoms with Gasteiger partial charge in [0.25, 0.3) is 5.91 Å². The van der Waals surface area contributed by atoms with Gasteiger partial charge in [0.2, 0.25) is 0 Å². The van der Waals surface area contributed by atoms with Crippen LogP contribution in [-0.4, -0.2) is 18.2 Å². The SMILES string of the molecule is Cc1ccc(C(C)C)cc1OC(C)C(=O)N/N=C\c1cccc(Br)c1. The van der Waals surface area contributed by atoms with Crippen LogP contribution >= 0.6 is 15.9 Å². The zero-order valence-corrected chi connectivity index (χ0v) is 16.5. The molecule has 1 amide bonds. The molecule has 1 unspecified atom stereocenters. The van der Waals surface area contributed by atoms with E-state index >= 15 is 0 Å². The molecule has 2 aromatic rings. The van der Waals surface area contributed by atoms with Crippen molar-refractivity contribution in [2.45, 2.75) is 39.7 Å². The Kier molecular flexibility index (Phi) is 6.76. The number of carbonyl (C=O) groups excluding carboxylic acids is 1. The van der Waals surface area contributed by atoms with Gasteiger partial charge in [-0.1, -0.05) is 54.0 Å². The molecule has 25 heavy (non-hydrogen) atoms. The molecule has 0 saturated carbocycles. The third kappa shape index (κ3) is 5.71. The van der Waals surface area contributed by atoms with E-state index in [1.807, 2.05) is 43.3 Å². The van der Waals surface area contributed by atoms with Gasteiger partial charge in [0.05, 0.1) is 6.21 Å². The molecule has 0 aliphatic rings. The molecular formula is C20H23BrN2O2. The summed E-state index contributed by atoms with van der Waals surface area (Å²) in [4.78, 5) is 12.2. The van der Waals surface area contributed by atoms with Gasteiger partial charge >= 0.3 is 0 Å². The molecule has 2 rings (SSSR count).